The lowest BCUT2D eigenvalue weighted by atomic mass is 10.00. The molecule has 2 heterocycles. The van der Waals surface area contributed by atoms with Gasteiger partial charge in [0.05, 0.1) is 6.54 Å². The summed E-state index contributed by atoms with van der Waals surface area (Å²) < 4.78 is 0. The van der Waals surface area contributed by atoms with Crippen LogP contribution in [0.15, 0.2) is 4.99 Å². The predicted molar refractivity (Wildman–Crippen MR) is 99.1 cm³/mol. The number of likely N-dealkylation sites (N-methyl/N-ethyl adjacent to an activating group) is 1. The van der Waals surface area contributed by atoms with Gasteiger partial charge in [0.1, 0.15) is 0 Å². The molecule has 0 aromatic rings. The Morgan fingerprint density at radius 3 is 2.30 bits per heavy atom. The molecular formula is C18H37N5. The van der Waals surface area contributed by atoms with E-state index < -0.39 is 0 Å². The van der Waals surface area contributed by atoms with Crippen LogP contribution in [0.4, 0.5) is 0 Å². The molecule has 0 spiro atoms. The third-order valence-corrected chi connectivity index (χ3v) is 5.40. The van der Waals surface area contributed by atoms with Gasteiger partial charge in [-0.15, -0.1) is 0 Å². The first-order chi connectivity index (χ1) is 11.1. The second-order valence-electron chi connectivity index (χ2n) is 7.18. The number of hydrogen-bond acceptors (Lipinski definition) is 3. The van der Waals surface area contributed by atoms with Crippen molar-refractivity contribution in [1.82, 2.24) is 20.0 Å². The minimum atomic E-state index is 0.534. The van der Waals surface area contributed by atoms with E-state index in [1.54, 1.807) is 0 Å². The number of nitrogens with zero attached hydrogens (tertiary/aromatic N) is 4. The van der Waals surface area contributed by atoms with Crippen molar-refractivity contribution >= 4 is 5.96 Å². The number of piperidine rings is 1. The van der Waals surface area contributed by atoms with Gasteiger partial charge < -0.3 is 15.1 Å². The Morgan fingerprint density at radius 1 is 1.09 bits per heavy atom. The molecule has 0 aromatic heterocycles. The van der Waals surface area contributed by atoms with Crippen LogP contribution in [0.2, 0.25) is 0 Å². The molecule has 23 heavy (non-hydrogen) atoms. The number of aliphatic imine (C=N–C) groups is 1. The summed E-state index contributed by atoms with van der Waals surface area (Å²) in [6, 6.07) is 0.534. The molecule has 5 nitrogen and oxygen atoms in total. The van der Waals surface area contributed by atoms with Gasteiger partial charge in [-0.1, -0.05) is 13.8 Å². The Labute approximate surface area is 143 Å². The largest absolute Gasteiger partial charge is 0.357 e. The smallest absolute Gasteiger partial charge is 0.193 e. The lowest BCUT2D eigenvalue weighted by Crippen LogP contribution is -2.50. The zero-order chi connectivity index (χ0) is 16.7. The van der Waals surface area contributed by atoms with Crippen molar-refractivity contribution < 1.29 is 0 Å². The van der Waals surface area contributed by atoms with E-state index in [1.165, 1.54) is 45.6 Å². The van der Waals surface area contributed by atoms with E-state index in [1.807, 2.05) is 0 Å². The number of nitrogens with one attached hydrogen (secondary N) is 1. The van der Waals surface area contributed by atoms with Crippen LogP contribution in [-0.2, 0) is 0 Å². The van der Waals surface area contributed by atoms with Gasteiger partial charge in [0.25, 0.3) is 0 Å². The van der Waals surface area contributed by atoms with E-state index in [0.29, 0.717) is 6.04 Å². The summed E-state index contributed by atoms with van der Waals surface area (Å²) in [6.07, 6.45) is 2.58. The first-order valence-corrected chi connectivity index (χ1v) is 9.63. The van der Waals surface area contributed by atoms with Gasteiger partial charge in [-0.2, -0.15) is 0 Å². The highest BCUT2D eigenvalue weighted by molar-refractivity contribution is 5.80. The van der Waals surface area contributed by atoms with Crippen molar-refractivity contribution in [2.75, 3.05) is 58.9 Å². The second-order valence-corrected chi connectivity index (χ2v) is 7.18. The van der Waals surface area contributed by atoms with E-state index in [9.17, 15) is 0 Å². The Hall–Kier alpha value is -0.810. The van der Waals surface area contributed by atoms with Crippen LogP contribution < -0.4 is 5.32 Å². The fourth-order valence-electron chi connectivity index (χ4n) is 3.50. The Balaban J connectivity index is 1.84. The summed E-state index contributed by atoms with van der Waals surface area (Å²) in [5.74, 6) is 1.99. The van der Waals surface area contributed by atoms with Gasteiger partial charge in [0.15, 0.2) is 5.96 Å². The van der Waals surface area contributed by atoms with Crippen LogP contribution in [0.25, 0.3) is 0 Å². The van der Waals surface area contributed by atoms with Gasteiger partial charge >= 0.3 is 0 Å². The maximum atomic E-state index is 4.95. The number of rotatable bonds is 5. The third-order valence-electron chi connectivity index (χ3n) is 5.40. The van der Waals surface area contributed by atoms with Crippen molar-refractivity contribution in [2.24, 2.45) is 10.9 Å². The number of piperazine rings is 1. The maximum absolute atomic E-state index is 4.95. The molecule has 0 aliphatic carbocycles. The van der Waals surface area contributed by atoms with Crippen molar-refractivity contribution in [3.05, 3.63) is 0 Å². The van der Waals surface area contributed by atoms with E-state index >= 15 is 0 Å². The molecule has 2 fully saturated rings. The highest BCUT2D eigenvalue weighted by atomic mass is 15.3. The lowest BCUT2D eigenvalue weighted by molar-refractivity contribution is 0.109. The molecule has 0 amide bonds. The minimum absolute atomic E-state index is 0.534. The van der Waals surface area contributed by atoms with Crippen LogP contribution in [0.5, 0.6) is 0 Å². The Bertz CT molecular complexity index is 354. The number of guanidine groups is 1. The van der Waals surface area contributed by atoms with Crippen LogP contribution in [0, 0.1) is 5.92 Å². The van der Waals surface area contributed by atoms with Gasteiger partial charge in [-0.25, -0.2) is 0 Å². The molecule has 0 bridgehead atoms. The summed E-state index contributed by atoms with van der Waals surface area (Å²) in [5.41, 5.74) is 0. The molecule has 1 N–H and O–H groups in total. The summed E-state index contributed by atoms with van der Waals surface area (Å²) in [4.78, 5) is 12.5. The first kappa shape index (κ1) is 18.5. The Morgan fingerprint density at radius 2 is 1.74 bits per heavy atom. The summed E-state index contributed by atoms with van der Waals surface area (Å²) in [7, 11) is 0. The monoisotopic (exact) mass is 323 g/mol. The third kappa shape index (κ3) is 5.64. The second kappa shape index (κ2) is 9.48. The van der Waals surface area contributed by atoms with E-state index in [4.69, 9.17) is 4.99 Å². The molecule has 1 atom stereocenters. The molecule has 2 rings (SSSR count). The fourth-order valence-corrected chi connectivity index (χ4v) is 3.50. The standard InChI is InChI=1S/C18H37N5/c1-5-19-18(23-9-7-16(3)8-10-23)20-15-17(4)22-13-11-21(6-2)12-14-22/h16-17H,5-15H2,1-4H3,(H,19,20). The SMILES string of the molecule is CCNC(=NCC(C)N1CCN(CC)CC1)N1CCC(C)CC1. The highest BCUT2D eigenvalue weighted by Crippen LogP contribution is 2.16. The topological polar surface area (TPSA) is 34.1 Å². The van der Waals surface area contributed by atoms with Gasteiger partial charge in [0, 0.05) is 51.9 Å². The van der Waals surface area contributed by atoms with Crippen LogP contribution in [0.3, 0.4) is 0 Å². The van der Waals surface area contributed by atoms with E-state index in [2.05, 4.69) is 47.7 Å². The maximum Gasteiger partial charge on any atom is 0.193 e. The van der Waals surface area contributed by atoms with Crippen molar-refractivity contribution in [1.29, 1.82) is 0 Å². The normalized spacial score (nSPS) is 24.0. The highest BCUT2D eigenvalue weighted by Gasteiger charge is 2.21. The zero-order valence-electron chi connectivity index (χ0n) is 15.7. The summed E-state index contributed by atoms with van der Waals surface area (Å²) >= 11 is 0. The number of hydrogen-bond donors (Lipinski definition) is 1. The molecular weight excluding hydrogens is 286 g/mol. The summed E-state index contributed by atoms with van der Waals surface area (Å²) in [5, 5.41) is 3.49. The first-order valence-electron chi connectivity index (χ1n) is 9.63. The molecule has 0 radical (unpaired) electrons. The lowest BCUT2D eigenvalue weighted by Gasteiger charge is -2.37. The van der Waals surface area contributed by atoms with Gasteiger partial charge in [-0.05, 0) is 39.2 Å². The minimum Gasteiger partial charge on any atom is -0.357 e. The molecule has 2 aliphatic heterocycles. The zero-order valence-corrected chi connectivity index (χ0v) is 15.7. The quantitative estimate of drug-likeness (QED) is 0.617. The molecule has 1 unspecified atom stereocenters. The molecule has 134 valence electrons. The van der Waals surface area contributed by atoms with Crippen LogP contribution in [-0.4, -0.2) is 85.6 Å². The Kier molecular flexibility index (Phi) is 7.63. The van der Waals surface area contributed by atoms with E-state index in [-0.39, 0.29) is 0 Å². The van der Waals surface area contributed by atoms with Crippen molar-refractivity contribution in [2.45, 2.75) is 46.6 Å². The number of likely N-dealkylation sites (tertiary alicyclic amines) is 1. The van der Waals surface area contributed by atoms with Gasteiger partial charge in [-0.3, -0.25) is 9.89 Å². The van der Waals surface area contributed by atoms with Gasteiger partial charge in [0.2, 0.25) is 0 Å². The average molecular weight is 324 g/mol. The van der Waals surface area contributed by atoms with Crippen molar-refractivity contribution in [3.63, 3.8) is 0 Å². The molecule has 0 aromatic carbocycles. The molecule has 5 heteroatoms. The molecule has 2 aliphatic rings. The van der Waals surface area contributed by atoms with Crippen molar-refractivity contribution in [3.8, 4) is 0 Å². The predicted octanol–water partition coefficient (Wildman–Crippen LogP) is 1.71. The molecule has 0 saturated carbocycles. The van der Waals surface area contributed by atoms with Crippen LogP contribution >= 0.6 is 0 Å². The van der Waals surface area contributed by atoms with Crippen LogP contribution in [0.1, 0.15) is 40.5 Å². The fraction of sp³-hybridized carbons (Fsp3) is 0.944. The average Bonchev–Trinajstić information content (AvgIpc) is 2.59. The molecule has 2 saturated heterocycles. The summed E-state index contributed by atoms with van der Waals surface area (Å²) in [6.45, 7) is 19.2. The van der Waals surface area contributed by atoms with E-state index in [0.717, 1.165) is 38.1 Å².